The van der Waals surface area contributed by atoms with E-state index in [0.29, 0.717) is 12.6 Å². The van der Waals surface area contributed by atoms with E-state index in [-0.39, 0.29) is 0 Å². The lowest BCUT2D eigenvalue weighted by Crippen LogP contribution is -2.22. The summed E-state index contributed by atoms with van der Waals surface area (Å²) in [5.74, 6) is 1.64. The molecule has 2 rings (SSSR count). The molecule has 1 aromatic carbocycles. The molecular weight excluding hydrogens is 272 g/mol. The smallest absolute Gasteiger partial charge is 0.140 e. The highest BCUT2D eigenvalue weighted by Gasteiger charge is 2.08. The third kappa shape index (κ3) is 4.21. The molecule has 0 aliphatic carbocycles. The molecule has 1 aromatic heterocycles. The maximum Gasteiger partial charge on any atom is 0.140 e. The first kappa shape index (κ1) is 14.8. The van der Waals surface area contributed by atoms with Crippen molar-refractivity contribution in [1.29, 1.82) is 0 Å². The monoisotopic (exact) mass is 292 g/mol. The zero-order chi connectivity index (χ0) is 14.4. The fourth-order valence-corrected chi connectivity index (χ4v) is 2.25. The molecule has 0 amide bonds. The normalized spacial score (nSPS) is 10.8. The third-order valence-corrected chi connectivity index (χ3v) is 3.56. The summed E-state index contributed by atoms with van der Waals surface area (Å²) in [6, 6.07) is 6.34. The Balaban J connectivity index is 2.09. The Morgan fingerprint density at radius 1 is 1.35 bits per heavy atom. The fourth-order valence-electron chi connectivity index (χ4n) is 1.72. The highest BCUT2D eigenvalue weighted by molar-refractivity contribution is 7.09. The Hall–Kier alpha value is -1.59. The minimum atomic E-state index is 0.434. The van der Waals surface area contributed by atoms with E-state index >= 15 is 0 Å². The van der Waals surface area contributed by atoms with Crippen molar-refractivity contribution in [2.75, 3.05) is 7.11 Å². The summed E-state index contributed by atoms with van der Waals surface area (Å²) in [6.07, 6.45) is 1.79. The third-order valence-electron chi connectivity index (χ3n) is 2.81. The van der Waals surface area contributed by atoms with Gasteiger partial charge in [0.1, 0.15) is 23.1 Å². The Kier molecular flexibility index (Phi) is 5.38. The highest BCUT2D eigenvalue weighted by atomic mass is 32.1. The quantitative estimate of drug-likeness (QED) is 0.851. The molecule has 0 aliphatic heterocycles. The molecule has 0 radical (unpaired) electrons. The second-order valence-electron chi connectivity index (χ2n) is 4.72. The van der Waals surface area contributed by atoms with Gasteiger partial charge in [-0.25, -0.2) is 4.98 Å². The van der Waals surface area contributed by atoms with Crippen LogP contribution in [0.5, 0.6) is 11.5 Å². The molecule has 108 valence electrons. The van der Waals surface area contributed by atoms with Crippen LogP contribution in [0, 0.1) is 0 Å². The van der Waals surface area contributed by atoms with Gasteiger partial charge in [0, 0.05) is 35.8 Å². The summed E-state index contributed by atoms with van der Waals surface area (Å²) >= 11 is 1.59. The average molecular weight is 292 g/mol. The van der Waals surface area contributed by atoms with Gasteiger partial charge >= 0.3 is 0 Å². The van der Waals surface area contributed by atoms with Crippen molar-refractivity contribution in [2.24, 2.45) is 0 Å². The minimum absolute atomic E-state index is 0.434. The molecule has 5 heteroatoms. The Morgan fingerprint density at radius 2 is 2.20 bits per heavy atom. The van der Waals surface area contributed by atoms with E-state index in [2.05, 4.69) is 24.1 Å². The van der Waals surface area contributed by atoms with E-state index in [1.54, 1.807) is 24.6 Å². The Morgan fingerprint density at radius 3 is 2.85 bits per heavy atom. The molecule has 0 spiro atoms. The van der Waals surface area contributed by atoms with Crippen molar-refractivity contribution in [3.63, 3.8) is 0 Å². The second-order valence-corrected chi connectivity index (χ2v) is 5.70. The number of aromatic nitrogens is 1. The molecule has 0 fully saturated rings. The Bertz CT molecular complexity index is 527. The lowest BCUT2D eigenvalue weighted by Gasteiger charge is -2.14. The summed E-state index contributed by atoms with van der Waals surface area (Å²) in [7, 11) is 1.66. The summed E-state index contributed by atoms with van der Waals surface area (Å²) in [5.41, 5.74) is 1.12. The van der Waals surface area contributed by atoms with E-state index in [4.69, 9.17) is 9.47 Å². The van der Waals surface area contributed by atoms with Crippen molar-refractivity contribution in [3.05, 3.63) is 40.3 Å². The number of methoxy groups -OCH3 is 1. The van der Waals surface area contributed by atoms with E-state index in [0.717, 1.165) is 28.6 Å². The molecule has 1 N–H and O–H groups in total. The SMILES string of the molecule is COc1ccc(CNC(C)C)c(OCc2nccs2)c1. The number of hydrogen-bond acceptors (Lipinski definition) is 5. The average Bonchev–Trinajstić information content (AvgIpc) is 2.96. The molecule has 0 saturated carbocycles. The summed E-state index contributed by atoms with van der Waals surface area (Å²) in [6.45, 7) is 5.51. The lowest BCUT2D eigenvalue weighted by molar-refractivity contribution is 0.298. The summed E-state index contributed by atoms with van der Waals surface area (Å²) in [5, 5.41) is 6.32. The lowest BCUT2D eigenvalue weighted by atomic mass is 10.2. The maximum atomic E-state index is 5.88. The largest absolute Gasteiger partial charge is 0.497 e. The topological polar surface area (TPSA) is 43.4 Å². The van der Waals surface area contributed by atoms with Gasteiger partial charge < -0.3 is 14.8 Å². The molecule has 0 bridgehead atoms. The van der Waals surface area contributed by atoms with Gasteiger partial charge in [-0.2, -0.15) is 0 Å². The second kappa shape index (κ2) is 7.26. The van der Waals surface area contributed by atoms with Crippen LogP contribution in [0.15, 0.2) is 29.8 Å². The highest BCUT2D eigenvalue weighted by Crippen LogP contribution is 2.26. The van der Waals surface area contributed by atoms with Gasteiger partial charge in [-0.05, 0) is 6.07 Å². The molecule has 1 heterocycles. The number of benzene rings is 1. The molecule has 20 heavy (non-hydrogen) atoms. The van der Waals surface area contributed by atoms with E-state index in [9.17, 15) is 0 Å². The zero-order valence-electron chi connectivity index (χ0n) is 12.1. The number of ether oxygens (including phenoxy) is 2. The fraction of sp³-hybridized carbons (Fsp3) is 0.400. The van der Waals surface area contributed by atoms with Crippen LogP contribution in [0.3, 0.4) is 0 Å². The van der Waals surface area contributed by atoms with Crippen LogP contribution in [0.25, 0.3) is 0 Å². The van der Waals surface area contributed by atoms with Crippen molar-refractivity contribution in [1.82, 2.24) is 10.3 Å². The number of hydrogen-bond donors (Lipinski definition) is 1. The van der Waals surface area contributed by atoms with E-state index in [1.165, 1.54) is 0 Å². The predicted octanol–water partition coefficient (Wildman–Crippen LogP) is 3.23. The van der Waals surface area contributed by atoms with Gasteiger partial charge in [-0.15, -0.1) is 11.3 Å². The van der Waals surface area contributed by atoms with Crippen LogP contribution >= 0.6 is 11.3 Å². The summed E-state index contributed by atoms with van der Waals surface area (Å²) in [4.78, 5) is 4.22. The van der Waals surface area contributed by atoms with Gasteiger partial charge in [0.25, 0.3) is 0 Å². The number of thiazole rings is 1. The minimum Gasteiger partial charge on any atom is -0.497 e. The number of nitrogens with zero attached hydrogens (tertiary/aromatic N) is 1. The van der Waals surface area contributed by atoms with Crippen LogP contribution < -0.4 is 14.8 Å². The molecule has 0 aliphatic rings. The maximum absolute atomic E-state index is 5.88. The van der Waals surface area contributed by atoms with Crippen LogP contribution in [-0.4, -0.2) is 18.1 Å². The van der Waals surface area contributed by atoms with Crippen LogP contribution in [0.2, 0.25) is 0 Å². The number of nitrogens with one attached hydrogen (secondary N) is 1. The van der Waals surface area contributed by atoms with Gasteiger partial charge in [0.05, 0.1) is 7.11 Å². The number of rotatable bonds is 7. The van der Waals surface area contributed by atoms with Crippen LogP contribution in [0.4, 0.5) is 0 Å². The predicted molar refractivity (Wildman–Crippen MR) is 81.4 cm³/mol. The zero-order valence-corrected chi connectivity index (χ0v) is 12.9. The first-order valence-electron chi connectivity index (χ1n) is 6.60. The van der Waals surface area contributed by atoms with Crippen LogP contribution in [-0.2, 0) is 13.2 Å². The molecule has 0 atom stereocenters. The van der Waals surface area contributed by atoms with Gasteiger partial charge in [-0.1, -0.05) is 19.9 Å². The molecular formula is C15H20N2O2S. The summed E-state index contributed by atoms with van der Waals surface area (Å²) < 4.78 is 11.1. The van der Waals surface area contributed by atoms with Crippen molar-refractivity contribution in [3.8, 4) is 11.5 Å². The molecule has 4 nitrogen and oxygen atoms in total. The van der Waals surface area contributed by atoms with E-state index in [1.807, 2.05) is 23.6 Å². The first-order chi connectivity index (χ1) is 9.69. The van der Waals surface area contributed by atoms with E-state index < -0.39 is 0 Å². The Labute approximate surface area is 123 Å². The molecule has 2 aromatic rings. The first-order valence-corrected chi connectivity index (χ1v) is 7.48. The molecule has 0 saturated heterocycles. The van der Waals surface area contributed by atoms with Gasteiger partial charge in [-0.3, -0.25) is 0 Å². The van der Waals surface area contributed by atoms with Crippen molar-refractivity contribution >= 4 is 11.3 Å². The standard InChI is InChI=1S/C15H20N2O2S/c1-11(2)17-9-12-4-5-13(18-3)8-14(12)19-10-15-16-6-7-20-15/h4-8,11,17H,9-10H2,1-3H3. The van der Waals surface area contributed by atoms with Gasteiger partial charge in [0.2, 0.25) is 0 Å². The van der Waals surface area contributed by atoms with Crippen molar-refractivity contribution in [2.45, 2.75) is 33.0 Å². The molecule has 0 unspecified atom stereocenters. The van der Waals surface area contributed by atoms with Crippen molar-refractivity contribution < 1.29 is 9.47 Å². The van der Waals surface area contributed by atoms with Crippen LogP contribution in [0.1, 0.15) is 24.4 Å². The van der Waals surface area contributed by atoms with Gasteiger partial charge in [0.15, 0.2) is 0 Å².